The van der Waals surface area contributed by atoms with Gasteiger partial charge in [0.1, 0.15) is 5.82 Å². The molecule has 2 aromatic rings. The van der Waals surface area contributed by atoms with Crippen LogP contribution in [0.2, 0.25) is 0 Å². The summed E-state index contributed by atoms with van der Waals surface area (Å²) in [6, 6.07) is 1.72. The number of methoxy groups -OCH3 is 1. The molecule has 0 aromatic carbocycles. The highest BCUT2D eigenvalue weighted by atomic mass is 16.5. The van der Waals surface area contributed by atoms with Crippen LogP contribution < -0.4 is 10.2 Å². The first-order valence-corrected chi connectivity index (χ1v) is 8.34. The zero-order valence-electron chi connectivity index (χ0n) is 14.9. The lowest BCUT2D eigenvalue weighted by molar-refractivity contribution is 0.0586. The van der Waals surface area contributed by atoms with Crippen molar-refractivity contribution in [1.29, 1.82) is 0 Å². The van der Waals surface area contributed by atoms with Crippen LogP contribution in [0.5, 0.6) is 0 Å². The minimum atomic E-state index is -0.564. The average molecular weight is 359 g/mol. The highest BCUT2D eigenvalue weighted by molar-refractivity contribution is 5.93. The normalized spacial score (nSPS) is 17.8. The quantitative estimate of drug-likeness (QED) is 0.732. The SMILES string of the molecule is COC(=O)c1nccc(N2CCC(C(C)NC(=O)c3n[nH]nc3C)C2)n1. The van der Waals surface area contributed by atoms with Crippen molar-refractivity contribution >= 4 is 17.7 Å². The number of H-pyrrole nitrogens is 1. The third kappa shape index (κ3) is 3.63. The van der Waals surface area contributed by atoms with Gasteiger partial charge in [0.15, 0.2) is 5.69 Å². The van der Waals surface area contributed by atoms with Crippen LogP contribution in [0, 0.1) is 12.8 Å². The molecule has 0 spiro atoms. The molecule has 1 amide bonds. The maximum absolute atomic E-state index is 12.3. The monoisotopic (exact) mass is 359 g/mol. The number of aromatic nitrogens is 5. The second kappa shape index (κ2) is 7.46. The van der Waals surface area contributed by atoms with Crippen molar-refractivity contribution < 1.29 is 14.3 Å². The minimum absolute atomic E-state index is 0.0366. The van der Waals surface area contributed by atoms with Crippen LogP contribution >= 0.6 is 0 Å². The summed E-state index contributed by atoms with van der Waals surface area (Å²) in [5, 5.41) is 13.2. The standard InChI is InChI=1S/C16H21N7O3/c1-9(18-15(24)13-10(2)20-22-21-13)11-5-7-23(8-11)12-4-6-17-14(19-12)16(25)26-3/h4,6,9,11H,5,7-8H2,1-3H3,(H,18,24)(H,20,21,22). The van der Waals surface area contributed by atoms with E-state index >= 15 is 0 Å². The van der Waals surface area contributed by atoms with E-state index in [-0.39, 0.29) is 23.7 Å². The number of carbonyl (C=O) groups is 2. The lowest BCUT2D eigenvalue weighted by Crippen LogP contribution is -2.39. The van der Waals surface area contributed by atoms with Crippen molar-refractivity contribution in [2.24, 2.45) is 5.92 Å². The van der Waals surface area contributed by atoms with Crippen molar-refractivity contribution in [3.8, 4) is 0 Å². The van der Waals surface area contributed by atoms with E-state index in [1.54, 1.807) is 19.2 Å². The summed E-state index contributed by atoms with van der Waals surface area (Å²) < 4.78 is 4.66. The Balaban J connectivity index is 1.62. The van der Waals surface area contributed by atoms with Crippen molar-refractivity contribution in [2.75, 3.05) is 25.1 Å². The van der Waals surface area contributed by atoms with Crippen LogP contribution in [0.15, 0.2) is 12.3 Å². The lowest BCUT2D eigenvalue weighted by atomic mass is 10.0. The molecule has 138 valence electrons. The summed E-state index contributed by atoms with van der Waals surface area (Å²) in [7, 11) is 1.30. The predicted molar refractivity (Wildman–Crippen MR) is 91.7 cm³/mol. The van der Waals surface area contributed by atoms with E-state index in [0.717, 1.165) is 19.5 Å². The number of anilines is 1. The first-order chi connectivity index (χ1) is 12.5. The summed E-state index contributed by atoms with van der Waals surface area (Å²) in [6.45, 7) is 5.21. The molecule has 2 aromatic heterocycles. The second-order valence-electron chi connectivity index (χ2n) is 6.24. The van der Waals surface area contributed by atoms with Gasteiger partial charge in [-0.05, 0) is 32.3 Å². The molecule has 2 atom stereocenters. The van der Waals surface area contributed by atoms with E-state index in [1.807, 2.05) is 6.92 Å². The van der Waals surface area contributed by atoms with Gasteiger partial charge >= 0.3 is 5.97 Å². The number of aryl methyl sites for hydroxylation is 1. The molecule has 1 saturated heterocycles. The number of aromatic amines is 1. The molecule has 1 aliphatic heterocycles. The Morgan fingerprint density at radius 1 is 1.42 bits per heavy atom. The Kier molecular flexibility index (Phi) is 5.10. The fourth-order valence-corrected chi connectivity index (χ4v) is 3.01. The molecule has 0 saturated carbocycles. The molecule has 26 heavy (non-hydrogen) atoms. The van der Waals surface area contributed by atoms with Crippen molar-refractivity contribution in [3.63, 3.8) is 0 Å². The van der Waals surface area contributed by atoms with Gasteiger partial charge in [0.2, 0.25) is 5.82 Å². The third-order valence-corrected chi connectivity index (χ3v) is 4.56. The molecule has 1 aliphatic rings. The molecule has 10 nitrogen and oxygen atoms in total. The molecule has 0 radical (unpaired) electrons. The van der Waals surface area contributed by atoms with E-state index < -0.39 is 5.97 Å². The van der Waals surface area contributed by atoms with Gasteiger partial charge in [-0.25, -0.2) is 14.8 Å². The Bertz CT molecular complexity index is 807. The summed E-state index contributed by atoms with van der Waals surface area (Å²) >= 11 is 0. The van der Waals surface area contributed by atoms with Crippen LogP contribution in [0.25, 0.3) is 0 Å². The highest BCUT2D eigenvalue weighted by Gasteiger charge is 2.30. The van der Waals surface area contributed by atoms with E-state index in [4.69, 9.17) is 0 Å². The van der Waals surface area contributed by atoms with Crippen molar-refractivity contribution in [1.82, 2.24) is 30.7 Å². The van der Waals surface area contributed by atoms with E-state index in [1.165, 1.54) is 7.11 Å². The largest absolute Gasteiger partial charge is 0.463 e. The van der Waals surface area contributed by atoms with Crippen LogP contribution in [-0.4, -0.2) is 63.5 Å². The Labute approximate surface area is 150 Å². The van der Waals surface area contributed by atoms with Crippen LogP contribution in [-0.2, 0) is 4.74 Å². The molecular formula is C16H21N7O3. The fraction of sp³-hybridized carbons (Fsp3) is 0.500. The highest BCUT2D eigenvalue weighted by Crippen LogP contribution is 2.24. The molecule has 0 aliphatic carbocycles. The average Bonchev–Trinajstić information content (AvgIpc) is 3.30. The van der Waals surface area contributed by atoms with Gasteiger partial charge in [0, 0.05) is 25.3 Å². The summed E-state index contributed by atoms with van der Waals surface area (Å²) in [5.41, 5.74) is 0.879. The summed E-state index contributed by atoms with van der Waals surface area (Å²) in [5.74, 6) is 0.163. The fourth-order valence-electron chi connectivity index (χ4n) is 3.01. The van der Waals surface area contributed by atoms with Gasteiger partial charge < -0.3 is 15.0 Å². The van der Waals surface area contributed by atoms with Crippen molar-refractivity contribution in [3.05, 3.63) is 29.5 Å². The Hall–Kier alpha value is -3.04. The number of nitrogens with one attached hydrogen (secondary N) is 2. The van der Waals surface area contributed by atoms with Gasteiger partial charge in [-0.2, -0.15) is 15.4 Å². The maximum atomic E-state index is 12.3. The predicted octanol–water partition coefficient (Wildman–Crippen LogP) is 0.335. The molecule has 3 heterocycles. The van der Waals surface area contributed by atoms with Gasteiger partial charge in [-0.15, -0.1) is 0 Å². The van der Waals surface area contributed by atoms with E-state index in [9.17, 15) is 9.59 Å². The number of amides is 1. The maximum Gasteiger partial charge on any atom is 0.376 e. The van der Waals surface area contributed by atoms with Gasteiger partial charge in [0.25, 0.3) is 5.91 Å². The number of nitrogens with zero attached hydrogens (tertiary/aromatic N) is 5. The van der Waals surface area contributed by atoms with Gasteiger partial charge in [-0.3, -0.25) is 4.79 Å². The van der Waals surface area contributed by atoms with Gasteiger partial charge in [0.05, 0.1) is 12.8 Å². The zero-order valence-corrected chi connectivity index (χ0v) is 14.9. The minimum Gasteiger partial charge on any atom is -0.463 e. The molecule has 2 N–H and O–H groups in total. The van der Waals surface area contributed by atoms with E-state index in [0.29, 0.717) is 17.2 Å². The van der Waals surface area contributed by atoms with Gasteiger partial charge in [-0.1, -0.05) is 0 Å². The summed E-state index contributed by atoms with van der Waals surface area (Å²) in [4.78, 5) is 34.1. The van der Waals surface area contributed by atoms with Crippen LogP contribution in [0.3, 0.4) is 0 Å². The Morgan fingerprint density at radius 2 is 2.23 bits per heavy atom. The topological polar surface area (TPSA) is 126 Å². The number of ether oxygens (including phenoxy) is 1. The molecule has 3 rings (SSSR count). The molecule has 1 fully saturated rings. The summed E-state index contributed by atoms with van der Waals surface area (Å²) in [6.07, 6.45) is 2.44. The zero-order chi connectivity index (χ0) is 18.7. The second-order valence-corrected chi connectivity index (χ2v) is 6.24. The molecular weight excluding hydrogens is 338 g/mol. The molecule has 10 heteroatoms. The number of hydrogen-bond donors (Lipinski definition) is 2. The number of esters is 1. The van der Waals surface area contributed by atoms with Crippen LogP contribution in [0.4, 0.5) is 5.82 Å². The number of hydrogen-bond acceptors (Lipinski definition) is 8. The number of rotatable bonds is 5. The molecule has 0 bridgehead atoms. The Morgan fingerprint density at radius 3 is 2.92 bits per heavy atom. The lowest BCUT2D eigenvalue weighted by Gasteiger charge is -2.22. The smallest absolute Gasteiger partial charge is 0.376 e. The first-order valence-electron chi connectivity index (χ1n) is 8.34. The first kappa shape index (κ1) is 17.8. The number of carbonyl (C=O) groups excluding carboxylic acids is 2. The van der Waals surface area contributed by atoms with Crippen LogP contribution in [0.1, 0.15) is 40.1 Å². The van der Waals surface area contributed by atoms with Crippen molar-refractivity contribution in [2.45, 2.75) is 26.3 Å². The third-order valence-electron chi connectivity index (χ3n) is 4.56. The van der Waals surface area contributed by atoms with E-state index in [2.05, 4.69) is 40.3 Å². The molecule has 2 unspecified atom stereocenters.